The van der Waals surface area contributed by atoms with Crippen LogP contribution in [-0.4, -0.2) is 41.7 Å². The summed E-state index contributed by atoms with van der Waals surface area (Å²) >= 11 is 1.45. The van der Waals surface area contributed by atoms with Gasteiger partial charge in [-0.3, -0.25) is 4.79 Å². The van der Waals surface area contributed by atoms with Crippen molar-refractivity contribution < 1.29 is 19.4 Å². The summed E-state index contributed by atoms with van der Waals surface area (Å²) < 4.78 is 4.81. The number of nitrogens with one attached hydrogen (secondary N) is 1. The Morgan fingerprint density at radius 3 is 2.68 bits per heavy atom. The zero-order valence-corrected chi connectivity index (χ0v) is 12.0. The van der Waals surface area contributed by atoms with Gasteiger partial charge in [0.1, 0.15) is 12.3 Å². The first kappa shape index (κ1) is 15.6. The minimum atomic E-state index is -1.03. The van der Waals surface area contributed by atoms with Crippen LogP contribution in [0.2, 0.25) is 0 Å². The molecule has 2 N–H and O–H groups in total. The number of rotatable bonds is 6. The smallest absolute Gasteiger partial charge is 0.329 e. The lowest BCUT2D eigenvalue weighted by atomic mass is 9.98. The van der Waals surface area contributed by atoms with Crippen LogP contribution in [0.15, 0.2) is 5.38 Å². The fourth-order valence-electron chi connectivity index (χ4n) is 1.21. The van der Waals surface area contributed by atoms with Gasteiger partial charge < -0.3 is 15.2 Å². The van der Waals surface area contributed by atoms with E-state index >= 15 is 0 Å². The first-order valence-corrected chi connectivity index (χ1v) is 6.72. The molecule has 0 fully saturated rings. The maximum Gasteiger partial charge on any atom is 0.329 e. The SMILES string of the molecule is CC(C)(C)c1nc(C(=O)NCCOCC(=O)O)cs1. The van der Waals surface area contributed by atoms with Gasteiger partial charge in [0.05, 0.1) is 11.6 Å². The molecule has 19 heavy (non-hydrogen) atoms. The van der Waals surface area contributed by atoms with Gasteiger partial charge in [0.25, 0.3) is 5.91 Å². The van der Waals surface area contributed by atoms with E-state index < -0.39 is 5.97 Å². The molecule has 106 valence electrons. The summed E-state index contributed by atoms with van der Waals surface area (Å²) in [5, 5.41) is 13.6. The molecule has 1 aromatic rings. The summed E-state index contributed by atoms with van der Waals surface area (Å²) in [5.74, 6) is -1.30. The molecule has 1 rings (SSSR count). The Labute approximate surface area is 115 Å². The molecule has 0 radical (unpaired) electrons. The molecule has 1 aromatic heterocycles. The van der Waals surface area contributed by atoms with Crippen molar-refractivity contribution in [2.75, 3.05) is 19.8 Å². The molecule has 0 saturated carbocycles. The van der Waals surface area contributed by atoms with E-state index in [2.05, 4.69) is 10.3 Å². The summed E-state index contributed by atoms with van der Waals surface area (Å²) in [6, 6.07) is 0. The van der Waals surface area contributed by atoms with Crippen molar-refractivity contribution in [3.63, 3.8) is 0 Å². The van der Waals surface area contributed by atoms with Gasteiger partial charge in [0, 0.05) is 17.3 Å². The van der Waals surface area contributed by atoms with Crippen molar-refractivity contribution in [3.8, 4) is 0 Å². The second-order valence-electron chi connectivity index (χ2n) is 4.99. The number of aliphatic carboxylic acids is 1. The van der Waals surface area contributed by atoms with E-state index in [0.29, 0.717) is 5.69 Å². The summed E-state index contributed by atoms with van der Waals surface area (Å²) in [7, 11) is 0. The molecule has 0 saturated heterocycles. The largest absolute Gasteiger partial charge is 0.480 e. The molecule has 0 aliphatic heterocycles. The molecule has 0 bridgehead atoms. The van der Waals surface area contributed by atoms with Crippen LogP contribution >= 0.6 is 11.3 Å². The maximum atomic E-state index is 11.7. The van der Waals surface area contributed by atoms with Crippen LogP contribution in [0.4, 0.5) is 0 Å². The van der Waals surface area contributed by atoms with E-state index in [1.807, 2.05) is 20.8 Å². The van der Waals surface area contributed by atoms with Gasteiger partial charge in [-0.2, -0.15) is 0 Å². The highest BCUT2D eigenvalue weighted by Crippen LogP contribution is 2.25. The summed E-state index contributed by atoms with van der Waals surface area (Å²) in [6.07, 6.45) is 0. The van der Waals surface area contributed by atoms with Crippen LogP contribution in [0, 0.1) is 0 Å². The average molecular weight is 286 g/mol. The number of carbonyl (C=O) groups is 2. The second-order valence-corrected chi connectivity index (χ2v) is 5.85. The minimum Gasteiger partial charge on any atom is -0.480 e. The zero-order chi connectivity index (χ0) is 14.5. The molecule has 0 aliphatic carbocycles. The third-order valence-electron chi connectivity index (χ3n) is 2.14. The number of ether oxygens (including phenoxy) is 1. The van der Waals surface area contributed by atoms with Crippen molar-refractivity contribution in [1.29, 1.82) is 0 Å². The zero-order valence-electron chi connectivity index (χ0n) is 11.2. The first-order valence-electron chi connectivity index (χ1n) is 5.84. The lowest BCUT2D eigenvalue weighted by Gasteiger charge is -2.13. The van der Waals surface area contributed by atoms with Crippen molar-refractivity contribution >= 4 is 23.2 Å². The number of hydrogen-bond donors (Lipinski definition) is 2. The van der Waals surface area contributed by atoms with Gasteiger partial charge in [0.15, 0.2) is 0 Å². The Kier molecular flexibility index (Phi) is 5.44. The number of carboxylic acid groups (broad SMARTS) is 1. The number of aromatic nitrogens is 1. The molecule has 7 heteroatoms. The first-order chi connectivity index (χ1) is 8.80. The summed E-state index contributed by atoms with van der Waals surface area (Å²) in [5.41, 5.74) is 0.307. The molecule has 1 heterocycles. The van der Waals surface area contributed by atoms with Crippen LogP contribution in [0.1, 0.15) is 36.3 Å². The van der Waals surface area contributed by atoms with Crippen LogP contribution in [0.25, 0.3) is 0 Å². The normalized spacial score (nSPS) is 11.3. The Balaban J connectivity index is 2.38. The number of amides is 1. The highest BCUT2D eigenvalue weighted by molar-refractivity contribution is 7.10. The van der Waals surface area contributed by atoms with Crippen LogP contribution < -0.4 is 5.32 Å². The van der Waals surface area contributed by atoms with Gasteiger partial charge in [0.2, 0.25) is 0 Å². The molecule has 0 aromatic carbocycles. The van der Waals surface area contributed by atoms with E-state index in [4.69, 9.17) is 9.84 Å². The molecule has 0 unspecified atom stereocenters. The fraction of sp³-hybridized carbons (Fsp3) is 0.583. The van der Waals surface area contributed by atoms with Crippen molar-refractivity contribution in [2.45, 2.75) is 26.2 Å². The monoisotopic (exact) mass is 286 g/mol. The Morgan fingerprint density at radius 1 is 1.47 bits per heavy atom. The molecule has 0 atom stereocenters. The highest BCUT2D eigenvalue weighted by atomic mass is 32.1. The molecule has 1 amide bonds. The fourth-order valence-corrected chi connectivity index (χ4v) is 2.10. The molecule has 6 nitrogen and oxygen atoms in total. The highest BCUT2D eigenvalue weighted by Gasteiger charge is 2.20. The summed E-state index contributed by atoms with van der Waals surface area (Å²) in [4.78, 5) is 26.2. The quantitative estimate of drug-likeness (QED) is 0.769. The number of carbonyl (C=O) groups excluding carboxylic acids is 1. The van der Waals surface area contributed by atoms with Gasteiger partial charge in [-0.1, -0.05) is 20.8 Å². The molecule has 0 spiro atoms. The van der Waals surface area contributed by atoms with E-state index in [-0.39, 0.29) is 31.1 Å². The lowest BCUT2D eigenvalue weighted by molar-refractivity contribution is -0.142. The average Bonchev–Trinajstić information content (AvgIpc) is 2.76. The van der Waals surface area contributed by atoms with E-state index in [1.54, 1.807) is 5.38 Å². The molecule has 0 aliphatic rings. The Morgan fingerprint density at radius 2 is 2.16 bits per heavy atom. The standard InChI is InChI=1S/C12H18N2O4S/c1-12(2,3)11-14-8(7-19-11)10(17)13-4-5-18-6-9(15)16/h7H,4-6H2,1-3H3,(H,13,17)(H,15,16). The van der Waals surface area contributed by atoms with Gasteiger partial charge in [-0.15, -0.1) is 11.3 Å². The van der Waals surface area contributed by atoms with E-state index in [9.17, 15) is 9.59 Å². The van der Waals surface area contributed by atoms with Crippen molar-refractivity contribution in [1.82, 2.24) is 10.3 Å². The van der Waals surface area contributed by atoms with Crippen molar-refractivity contribution in [2.24, 2.45) is 0 Å². The third-order valence-corrected chi connectivity index (χ3v) is 3.40. The topological polar surface area (TPSA) is 88.5 Å². The van der Waals surface area contributed by atoms with E-state index in [1.165, 1.54) is 11.3 Å². The summed E-state index contributed by atoms with van der Waals surface area (Å²) in [6.45, 7) is 6.16. The van der Waals surface area contributed by atoms with Gasteiger partial charge in [-0.25, -0.2) is 9.78 Å². The molecular formula is C12H18N2O4S. The number of nitrogens with zero attached hydrogens (tertiary/aromatic N) is 1. The van der Waals surface area contributed by atoms with Crippen molar-refractivity contribution in [3.05, 3.63) is 16.1 Å². The van der Waals surface area contributed by atoms with Gasteiger partial charge >= 0.3 is 5.97 Å². The van der Waals surface area contributed by atoms with Gasteiger partial charge in [-0.05, 0) is 0 Å². The predicted octanol–water partition coefficient (Wildman–Crippen LogP) is 1.27. The maximum absolute atomic E-state index is 11.7. The Hall–Kier alpha value is -1.47. The lowest BCUT2D eigenvalue weighted by Crippen LogP contribution is -2.28. The minimum absolute atomic E-state index is 0.0756. The second kappa shape index (κ2) is 6.63. The number of hydrogen-bond acceptors (Lipinski definition) is 5. The number of thiazole rings is 1. The number of carboxylic acids is 1. The van der Waals surface area contributed by atoms with Crippen LogP contribution in [-0.2, 0) is 14.9 Å². The van der Waals surface area contributed by atoms with Crippen LogP contribution in [0.3, 0.4) is 0 Å². The molecular weight excluding hydrogens is 268 g/mol. The van der Waals surface area contributed by atoms with E-state index in [0.717, 1.165) is 5.01 Å². The third kappa shape index (κ3) is 5.35. The van der Waals surface area contributed by atoms with Crippen LogP contribution in [0.5, 0.6) is 0 Å². The Bertz CT molecular complexity index is 451. The predicted molar refractivity (Wildman–Crippen MR) is 71.6 cm³/mol.